The SMILES string of the molecule is COc1ccc2[nH]c(CN)c(Sc3ccccc3)c2c1. The number of ether oxygens (including phenoxy) is 1. The second kappa shape index (κ2) is 5.61. The zero-order valence-electron chi connectivity index (χ0n) is 11.2. The van der Waals surface area contributed by atoms with Gasteiger partial charge in [0.25, 0.3) is 0 Å². The molecule has 0 saturated carbocycles. The summed E-state index contributed by atoms with van der Waals surface area (Å²) in [4.78, 5) is 5.76. The van der Waals surface area contributed by atoms with E-state index in [4.69, 9.17) is 10.5 Å². The maximum atomic E-state index is 5.86. The molecule has 3 nitrogen and oxygen atoms in total. The first-order valence-corrected chi connectivity index (χ1v) is 7.25. The molecule has 20 heavy (non-hydrogen) atoms. The number of methoxy groups -OCH3 is 1. The average Bonchev–Trinajstić information content (AvgIpc) is 2.85. The number of hydrogen-bond donors (Lipinski definition) is 2. The number of aromatic nitrogens is 1. The first-order valence-electron chi connectivity index (χ1n) is 6.43. The lowest BCUT2D eigenvalue weighted by atomic mass is 10.2. The third-order valence-corrected chi connectivity index (χ3v) is 4.38. The summed E-state index contributed by atoms with van der Waals surface area (Å²) in [5.41, 5.74) is 8.01. The molecule has 0 spiro atoms. The topological polar surface area (TPSA) is 51.0 Å². The normalized spacial score (nSPS) is 10.9. The van der Waals surface area contributed by atoms with Gasteiger partial charge in [0.05, 0.1) is 7.11 Å². The molecule has 1 heterocycles. The van der Waals surface area contributed by atoms with E-state index in [1.54, 1.807) is 18.9 Å². The lowest BCUT2D eigenvalue weighted by molar-refractivity contribution is 0.415. The highest BCUT2D eigenvalue weighted by atomic mass is 32.2. The molecule has 0 atom stereocenters. The highest BCUT2D eigenvalue weighted by Gasteiger charge is 2.12. The van der Waals surface area contributed by atoms with Gasteiger partial charge in [0.15, 0.2) is 0 Å². The Morgan fingerprint density at radius 3 is 2.65 bits per heavy atom. The van der Waals surface area contributed by atoms with Gasteiger partial charge in [-0.05, 0) is 30.3 Å². The first kappa shape index (κ1) is 13.1. The van der Waals surface area contributed by atoms with Crippen molar-refractivity contribution in [3.05, 3.63) is 54.2 Å². The minimum Gasteiger partial charge on any atom is -0.497 e. The van der Waals surface area contributed by atoms with E-state index in [2.05, 4.69) is 23.2 Å². The van der Waals surface area contributed by atoms with Crippen LogP contribution in [0.4, 0.5) is 0 Å². The molecule has 0 saturated heterocycles. The van der Waals surface area contributed by atoms with Gasteiger partial charge in [-0.3, -0.25) is 0 Å². The molecule has 3 aromatic rings. The van der Waals surface area contributed by atoms with E-state index in [9.17, 15) is 0 Å². The Labute approximate surface area is 122 Å². The maximum Gasteiger partial charge on any atom is 0.119 e. The summed E-state index contributed by atoms with van der Waals surface area (Å²) >= 11 is 1.73. The molecule has 0 fully saturated rings. The zero-order valence-corrected chi connectivity index (χ0v) is 12.0. The van der Waals surface area contributed by atoms with Gasteiger partial charge in [0, 0.05) is 32.9 Å². The number of rotatable bonds is 4. The summed E-state index contributed by atoms with van der Waals surface area (Å²) in [6.45, 7) is 0.492. The summed E-state index contributed by atoms with van der Waals surface area (Å²) in [7, 11) is 1.68. The van der Waals surface area contributed by atoms with Crippen molar-refractivity contribution in [2.24, 2.45) is 5.73 Å². The largest absolute Gasteiger partial charge is 0.497 e. The lowest BCUT2D eigenvalue weighted by Gasteiger charge is -2.04. The fraction of sp³-hybridized carbons (Fsp3) is 0.125. The van der Waals surface area contributed by atoms with Crippen molar-refractivity contribution in [1.82, 2.24) is 4.98 Å². The van der Waals surface area contributed by atoms with Crippen LogP contribution in [-0.4, -0.2) is 12.1 Å². The van der Waals surface area contributed by atoms with Crippen LogP contribution in [0.5, 0.6) is 5.75 Å². The monoisotopic (exact) mass is 284 g/mol. The van der Waals surface area contributed by atoms with Gasteiger partial charge in [0.1, 0.15) is 5.75 Å². The molecule has 0 bridgehead atoms. The molecule has 0 amide bonds. The smallest absolute Gasteiger partial charge is 0.119 e. The maximum absolute atomic E-state index is 5.86. The van der Waals surface area contributed by atoms with Crippen molar-refractivity contribution in [3.8, 4) is 5.75 Å². The fourth-order valence-corrected chi connectivity index (χ4v) is 3.26. The van der Waals surface area contributed by atoms with Crippen molar-refractivity contribution in [1.29, 1.82) is 0 Å². The van der Waals surface area contributed by atoms with Crippen LogP contribution in [0.25, 0.3) is 10.9 Å². The standard InChI is InChI=1S/C16H16N2OS/c1-19-11-7-8-14-13(9-11)16(15(10-17)18-14)20-12-5-3-2-4-6-12/h2-9,18H,10,17H2,1H3. The molecule has 2 aromatic carbocycles. The van der Waals surface area contributed by atoms with Gasteiger partial charge in [-0.1, -0.05) is 30.0 Å². The number of nitrogens with one attached hydrogen (secondary N) is 1. The van der Waals surface area contributed by atoms with Crippen molar-refractivity contribution < 1.29 is 4.74 Å². The third kappa shape index (κ3) is 2.40. The quantitative estimate of drug-likeness (QED) is 0.766. The number of benzene rings is 2. The first-order chi connectivity index (χ1) is 9.81. The third-order valence-electron chi connectivity index (χ3n) is 3.20. The van der Waals surface area contributed by atoms with Crippen molar-refractivity contribution in [3.63, 3.8) is 0 Å². The molecule has 0 aliphatic carbocycles. The summed E-state index contributed by atoms with van der Waals surface area (Å²) in [6.07, 6.45) is 0. The molecule has 0 aliphatic heterocycles. The Balaban J connectivity index is 2.11. The van der Waals surface area contributed by atoms with Gasteiger partial charge in [0.2, 0.25) is 0 Å². The minimum atomic E-state index is 0.492. The Bertz CT molecular complexity index is 722. The predicted molar refractivity (Wildman–Crippen MR) is 83.3 cm³/mol. The molecule has 102 valence electrons. The van der Waals surface area contributed by atoms with E-state index >= 15 is 0 Å². The molecule has 0 aliphatic rings. The molecular formula is C16H16N2OS. The van der Waals surface area contributed by atoms with E-state index in [1.807, 2.05) is 30.3 Å². The van der Waals surface area contributed by atoms with E-state index in [0.717, 1.165) is 22.3 Å². The molecule has 0 unspecified atom stereocenters. The fourth-order valence-electron chi connectivity index (χ4n) is 2.20. The van der Waals surface area contributed by atoms with Crippen LogP contribution in [0, 0.1) is 0 Å². The van der Waals surface area contributed by atoms with Gasteiger partial charge in [-0.15, -0.1) is 0 Å². The number of aromatic amines is 1. The number of nitrogens with two attached hydrogens (primary N) is 1. The summed E-state index contributed by atoms with van der Waals surface area (Å²) in [5, 5.41) is 1.15. The Hall–Kier alpha value is -1.91. The highest BCUT2D eigenvalue weighted by Crippen LogP contribution is 2.37. The Kier molecular flexibility index (Phi) is 3.67. The minimum absolute atomic E-state index is 0.492. The zero-order chi connectivity index (χ0) is 13.9. The summed E-state index contributed by atoms with van der Waals surface area (Å²) in [5.74, 6) is 0.856. The Morgan fingerprint density at radius 2 is 1.95 bits per heavy atom. The highest BCUT2D eigenvalue weighted by molar-refractivity contribution is 7.99. The van der Waals surface area contributed by atoms with Crippen LogP contribution in [0.2, 0.25) is 0 Å². The summed E-state index contributed by atoms with van der Waals surface area (Å²) < 4.78 is 5.32. The second-order valence-electron chi connectivity index (χ2n) is 4.46. The van der Waals surface area contributed by atoms with E-state index < -0.39 is 0 Å². The van der Waals surface area contributed by atoms with Gasteiger partial charge >= 0.3 is 0 Å². The van der Waals surface area contributed by atoms with Crippen LogP contribution in [0.15, 0.2) is 58.3 Å². The molecular weight excluding hydrogens is 268 g/mol. The molecule has 3 rings (SSSR count). The van der Waals surface area contributed by atoms with Crippen LogP contribution in [-0.2, 0) is 6.54 Å². The second-order valence-corrected chi connectivity index (χ2v) is 5.55. The van der Waals surface area contributed by atoms with Crippen LogP contribution in [0.3, 0.4) is 0 Å². The van der Waals surface area contributed by atoms with Crippen LogP contribution in [0.1, 0.15) is 5.69 Å². The van der Waals surface area contributed by atoms with E-state index in [-0.39, 0.29) is 0 Å². The van der Waals surface area contributed by atoms with Crippen molar-refractivity contribution in [2.45, 2.75) is 16.3 Å². The Morgan fingerprint density at radius 1 is 1.15 bits per heavy atom. The van der Waals surface area contributed by atoms with Gasteiger partial charge in [-0.2, -0.15) is 0 Å². The molecule has 0 radical (unpaired) electrons. The van der Waals surface area contributed by atoms with E-state index in [0.29, 0.717) is 6.54 Å². The lowest BCUT2D eigenvalue weighted by Crippen LogP contribution is -1.97. The van der Waals surface area contributed by atoms with Gasteiger partial charge in [-0.25, -0.2) is 0 Å². The summed E-state index contributed by atoms with van der Waals surface area (Å²) in [6, 6.07) is 16.3. The molecule has 3 N–H and O–H groups in total. The number of fused-ring (bicyclic) bond motifs is 1. The van der Waals surface area contributed by atoms with Crippen molar-refractivity contribution >= 4 is 22.7 Å². The molecule has 4 heteroatoms. The number of hydrogen-bond acceptors (Lipinski definition) is 3. The average molecular weight is 284 g/mol. The number of H-pyrrole nitrogens is 1. The van der Waals surface area contributed by atoms with Crippen molar-refractivity contribution in [2.75, 3.05) is 7.11 Å². The van der Waals surface area contributed by atoms with Crippen LogP contribution >= 0.6 is 11.8 Å². The van der Waals surface area contributed by atoms with Gasteiger partial charge < -0.3 is 15.5 Å². The van der Waals surface area contributed by atoms with E-state index in [1.165, 1.54) is 9.79 Å². The predicted octanol–water partition coefficient (Wildman–Crippen LogP) is 3.79. The molecule has 1 aromatic heterocycles. The van der Waals surface area contributed by atoms with Crippen LogP contribution < -0.4 is 10.5 Å².